The van der Waals surface area contributed by atoms with Crippen molar-refractivity contribution in [2.75, 3.05) is 0 Å². The molecule has 0 aliphatic carbocycles. The average molecular weight is 252 g/mol. The number of nitrogens with two attached hydrogens (primary N) is 1. The summed E-state index contributed by atoms with van der Waals surface area (Å²) in [4.78, 5) is 4.01. The van der Waals surface area contributed by atoms with Crippen molar-refractivity contribution in [3.8, 4) is 0 Å². The van der Waals surface area contributed by atoms with Crippen LogP contribution in [0, 0.1) is 0 Å². The second-order valence-corrected chi connectivity index (χ2v) is 3.50. The molecule has 4 heteroatoms. The lowest BCUT2D eigenvalue weighted by molar-refractivity contribution is 0.733. The first kappa shape index (κ1) is 11.9. The van der Waals surface area contributed by atoms with Crippen molar-refractivity contribution >= 4 is 28.3 Å². The number of aromatic nitrogens is 1. The van der Waals surface area contributed by atoms with E-state index in [-0.39, 0.29) is 18.4 Å². The van der Waals surface area contributed by atoms with Crippen LogP contribution in [0.25, 0.3) is 0 Å². The fraction of sp³-hybridized carbons (Fsp3) is 0.375. The Bertz CT molecular complexity index is 240. The van der Waals surface area contributed by atoms with Gasteiger partial charge in [0, 0.05) is 22.9 Å². The number of pyridine rings is 1. The number of hydrogen-bond acceptors (Lipinski definition) is 2. The zero-order valence-corrected chi connectivity index (χ0v) is 9.23. The van der Waals surface area contributed by atoms with Gasteiger partial charge in [0.25, 0.3) is 0 Å². The van der Waals surface area contributed by atoms with Crippen LogP contribution in [0.5, 0.6) is 0 Å². The second kappa shape index (κ2) is 5.51. The van der Waals surface area contributed by atoms with E-state index in [4.69, 9.17) is 5.73 Å². The van der Waals surface area contributed by atoms with E-state index >= 15 is 0 Å². The summed E-state index contributed by atoms with van der Waals surface area (Å²) >= 11 is 3.43. The lowest BCUT2D eigenvalue weighted by Gasteiger charge is -2.05. The van der Waals surface area contributed by atoms with Crippen LogP contribution in [0.15, 0.2) is 22.9 Å². The van der Waals surface area contributed by atoms with Gasteiger partial charge in [0.1, 0.15) is 0 Å². The summed E-state index contributed by atoms with van der Waals surface area (Å²) < 4.78 is 1.09. The van der Waals surface area contributed by atoms with E-state index in [2.05, 4.69) is 20.9 Å². The van der Waals surface area contributed by atoms with Crippen LogP contribution >= 0.6 is 28.3 Å². The van der Waals surface area contributed by atoms with E-state index in [1.807, 2.05) is 19.2 Å². The number of rotatable bonds is 2. The third kappa shape index (κ3) is 3.52. The van der Waals surface area contributed by atoms with Gasteiger partial charge in [-0.25, -0.2) is 0 Å². The van der Waals surface area contributed by atoms with Gasteiger partial charge in [-0.05, 0) is 25.0 Å². The lowest BCUT2D eigenvalue weighted by Crippen LogP contribution is -2.18. The Balaban J connectivity index is 0.00000121. The molecule has 12 heavy (non-hydrogen) atoms. The first-order chi connectivity index (χ1) is 5.20. The van der Waals surface area contributed by atoms with Crippen molar-refractivity contribution in [1.82, 2.24) is 4.98 Å². The Morgan fingerprint density at radius 3 is 2.83 bits per heavy atom. The SMILES string of the molecule is CC(N)Cc1cnccc1Br.Cl. The zero-order valence-electron chi connectivity index (χ0n) is 6.83. The Hall–Kier alpha value is -0.120. The highest BCUT2D eigenvalue weighted by Gasteiger charge is 2.01. The van der Waals surface area contributed by atoms with E-state index in [1.165, 1.54) is 5.56 Å². The van der Waals surface area contributed by atoms with Crippen LogP contribution in [0.4, 0.5) is 0 Å². The molecular formula is C8H12BrClN2. The monoisotopic (exact) mass is 250 g/mol. The zero-order chi connectivity index (χ0) is 8.27. The molecule has 0 aliphatic rings. The summed E-state index contributed by atoms with van der Waals surface area (Å²) in [5.74, 6) is 0. The molecule has 0 fully saturated rings. The minimum atomic E-state index is 0. The van der Waals surface area contributed by atoms with Crippen molar-refractivity contribution < 1.29 is 0 Å². The van der Waals surface area contributed by atoms with Crippen molar-refractivity contribution in [3.05, 3.63) is 28.5 Å². The average Bonchev–Trinajstić information content (AvgIpc) is 1.93. The highest BCUT2D eigenvalue weighted by molar-refractivity contribution is 9.10. The lowest BCUT2D eigenvalue weighted by atomic mass is 10.1. The highest BCUT2D eigenvalue weighted by Crippen LogP contribution is 2.15. The Morgan fingerprint density at radius 2 is 2.33 bits per heavy atom. The quantitative estimate of drug-likeness (QED) is 0.875. The standard InChI is InChI=1S/C8H11BrN2.ClH/c1-6(10)4-7-5-11-3-2-8(7)9;/h2-3,5-6H,4,10H2,1H3;1H. The third-order valence-electron chi connectivity index (χ3n) is 1.39. The highest BCUT2D eigenvalue weighted by atomic mass is 79.9. The fourth-order valence-electron chi connectivity index (χ4n) is 0.907. The largest absolute Gasteiger partial charge is 0.328 e. The molecule has 0 saturated carbocycles. The predicted octanol–water partition coefficient (Wildman–Crippen LogP) is 2.16. The van der Waals surface area contributed by atoms with Gasteiger partial charge in [-0.1, -0.05) is 15.9 Å². The molecule has 1 aromatic rings. The topological polar surface area (TPSA) is 38.9 Å². The Morgan fingerprint density at radius 1 is 1.67 bits per heavy atom. The van der Waals surface area contributed by atoms with E-state index in [9.17, 15) is 0 Å². The molecule has 0 amide bonds. The second-order valence-electron chi connectivity index (χ2n) is 2.65. The molecule has 2 N–H and O–H groups in total. The molecule has 0 aromatic carbocycles. The summed E-state index contributed by atoms with van der Waals surface area (Å²) in [6.07, 6.45) is 4.47. The molecule has 1 aromatic heterocycles. The van der Waals surface area contributed by atoms with Gasteiger partial charge < -0.3 is 5.73 Å². The van der Waals surface area contributed by atoms with Crippen molar-refractivity contribution in [1.29, 1.82) is 0 Å². The van der Waals surface area contributed by atoms with Gasteiger partial charge in [0.15, 0.2) is 0 Å². The van der Waals surface area contributed by atoms with Crippen LogP contribution < -0.4 is 5.73 Å². The first-order valence-electron chi connectivity index (χ1n) is 3.54. The Kier molecular flexibility index (Phi) is 5.46. The van der Waals surface area contributed by atoms with Gasteiger partial charge in [-0.15, -0.1) is 12.4 Å². The molecule has 0 radical (unpaired) electrons. The van der Waals surface area contributed by atoms with Crippen molar-refractivity contribution in [2.45, 2.75) is 19.4 Å². The fourth-order valence-corrected chi connectivity index (χ4v) is 1.29. The van der Waals surface area contributed by atoms with Gasteiger partial charge in [-0.2, -0.15) is 0 Å². The molecule has 2 nitrogen and oxygen atoms in total. The van der Waals surface area contributed by atoms with Crippen LogP contribution in [-0.4, -0.2) is 11.0 Å². The van der Waals surface area contributed by atoms with E-state index in [0.29, 0.717) is 0 Å². The van der Waals surface area contributed by atoms with Crippen LogP contribution in [-0.2, 0) is 6.42 Å². The van der Waals surface area contributed by atoms with Crippen LogP contribution in [0.2, 0.25) is 0 Å². The summed E-state index contributed by atoms with van der Waals surface area (Å²) in [7, 11) is 0. The maximum atomic E-state index is 5.64. The van der Waals surface area contributed by atoms with E-state index < -0.39 is 0 Å². The number of nitrogens with zero attached hydrogens (tertiary/aromatic N) is 1. The normalized spacial score (nSPS) is 11.9. The van der Waals surface area contributed by atoms with Gasteiger partial charge >= 0.3 is 0 Å². The molecule has 1 atom stereocenters. The molecular weight excluding hydrogens is 239 g/mol. The molecule has 0 aliphatic heterocycles. The summed E-state index contributed by atoms with van der Waals surface area (Å²) in [5, 5.41) is 0. The molecule has 68 valence electrons. The molecule has 0 spiro atoms. The van der Waals surface area contributed by atoms with Crippen molar-refractivity contribution in [2.24, 2.45) is 5.73 Å². The predicted molar refractivity (Wildman–Crippen MR) is 56.5 cm³/mol. The van der Waals surface area contributed by atoms with Crippen LogP contribution in [0.3, 0.4) is 0 Å². The number of hydrogen-bond donors (Lipinski definition) is 1. The summed E-state index contributed by atoms with van der Waals surface area (Å²) in [5.41, 5.74) is 6.81. The first-order valence-corrected chi connectivity index (χ1v) is 4.33. The smallest absolute Gasteiger partial charge is 0.0311 e. The molecule has 0 saturated heterocycles. The minimum Gasteiger partial charge on any atom is -0.328 e. The number of halogens is 2. The van der Waals surface area contributed by atoms with E-state index in [0.717, 1.165) is 10.9 Å². The summed E-state index contributed by atoms with van der Waals surface area (Å²) in [6.45, 7) is 1.99. The molecule has 1 rings (SSSR count). The van der Waals surface area contributed by atoms with Gasteiger partial charge in [-0.3, -0.25) is 4.98 Å². The molecule has 0 bridgehead atoms. The maximum Gasteiger partial charge on any atom is 0.0311 e. The van der Waals surface area contributed by atoms with Gasteiger partial charge in [0.2, 0.25) is 0 Å². The molecule has 1 unspecified atom stereocenters. The molecule has 1 heterocycles. The summed E-state index contributed by atoms with van der Waals surface area (Å²) in [6, 6.07) is 2.12. The Labute approximate surface area is 87.1 Å². The van der Waals surface area contributed by atoms with Gasteiger partial charge in [0.05, 0.1) is 0 Å². The van der Waals surface area contributed by atoms with Crippen molar-refractivity contribution in [3.63, 3.8) is 0 Å². The van der Waals surface area contributed by atoms with Crippen LogP contribution in [0.1, 0.15) is 12.5 Å². The van der Waals surface area contributed by atoms with E-state index in [1.54, 1.807) is 6.20 Å². The third-order valence-corrected chi connectivity index (χ3v) is 2.16. The minimum absolute atomic E-state index is 0. The maximum absolute atomic E-state index is 5.64.